The van der Waals surface area contributed by atoms with Crippen molar-refractivity contribution in [2.75, 3.05) is 61.4 Å². The zero-order chi connectivity index (χ0) is 32.8. The van der Waals surface area contributed by atoms with Gasteiger partial charge in [-0.05, 0) is 79.3 Å². The second-order valence-corrected chi connectivity index (χ2v) is 8.34. The molecule has 0 saturated heterocycles. The Hall–Kier alpha value is -2.93. The fourth-order valence-corrected chi connectivity index (χ4v) is 4.48. The van der Waals surface area contributed by atoms with E-state index in [0.717, 1.165) is 16.0 Å². The van der Waals surface area contributed by atoms with Gasteiger partial charge in [0.15, 0.2) is 23.0 Å². The molecule has 1 unspecified atom stereocenters. The van der Waals surface area contributed by atoms with E-state index in [1.807, 2.05) is 6.07 Å². The molecule has 0 spiro atoms. The molecule has 0 bridgehead atoms. The Bertz CT molecular complexity index is 1400. The van der Waals surface area contributed by atoms with Crippen molar-refractivity contribution in [3.05, 3.63) is 46.5 Å². The van der Waals surface area contributed by atoms with Gasteiger partial charge in [0.2, 0.25) is 5.91 Å². The van der Waals surface area contributed by atoms with Gasteiger partial charge < -0.3 is 28.7 Å². The van der Waals surface area contributed by atoms with Crippen LogP contribution < -0.4 is 18.9 Å². The summed E-state index contributed by atoms with van der Waals surface area (Å²) in [6.45, 7) is -4.00. The quantitative estimate of drug-likeness (QED) is 0.522. The summed E-state index contributed by atoms with van der Waals surface area (Å²) >= 11 is 0. The van der Waals surface area contributed by atoms with Crippen molar-refractivity contribution in [3.63, 3.8) is 0 Å². The Morgan fingerprint density at radius 1 is 1.00 bits per heavy atom. The van der Waals surface area contributed by atoms with Crippen molar-refractivity contribution in [2.45, 2.75) is 31.6 Å². The molecule has 1 aliphatic carbocycles. The smallest absolute Gasteiger partial charge is 0.227 e. The molecule has 7 nitrogen and oxygen atoms in total. The van der Waals surface area contributed by atoms with Crippen LogP contribution in [0.1, 0.15) is 48.3 Å². The van der Waals surface area contributed by atoms with E-state index in [1.54, 1.807) is 11.0 Å². The first kappa shape index (κ1) is 14.5. The van der Waals surface area contributed by atoms with Crippen LogP contribution in [0.4, 0.5) is 0 Å². The van der Waals surface area contributed by atoms with Gasteiger partial charge in [0.25, 0.3) is 0 Å². The number of hydrogen-bond donors (Lipinski definition) is 0. The highest BCUT2D eigenvalue weighted by Gasteiger charge is 2.29. The van der Waals surface area contributed by atoms with Gasteiger partial charge in [0.1, 0.15) is 0 Å². The number of rotatable bonds is 10. The molecule has 1 atom stereocenters. The summed E-state index contributed by atoms with van der Waals surface area (Å²) in [6.07, 6.45) is 0.608. The first-order chi connectivity index (χ1) is 20.3. The van der Waals surface area contributed by atoms with Crippen molar-refractivity contribution in [3.8, 4) is 23.0 Å². The number of ether oxygens (including phenoxy) is 4. The third kappa shape index (κ3) is 4.94. The largest absolute Gasteiger partial charge is 0.493 e. The lowest BCUT2D eigenvalue weighted by Gasteiger charge is -2.34. The maximum absolute atomic E-state index is 13.1. The summed E-state index contributed by atoms with van der Waals surface area (Å²) in [5.74, 6) is -0.656. The van der Waals surface area contributed by atoms with Gasteiger partial charge in [-0.1, -0.05) is 0 Å². The number of likely N-dealkylation sites (N-methyl/N-ethyl adjacent to an activating group) is 1. The van der Waals surface area contributed by atoms with Crippen LogP contribution >= 0.6 is 0 Å². The number of fused-ring (bicyclic) bond motifs is 2. The van der Waals surface area contributed by atoms with Gasteiger partial charge in [-0.2, -0.15) is 0 Å². The predicted molar refractivity (Wildman–Crippen MR) is 132 cm³/mol. The highest BCUT2D eigenvalue weighted by atomic mass is 16.5. The van der Waals surface area contributed by atoms with Gasteiger partial charge in [-0.15, -0.1) is 0 Å². The molecule has 1 heterocycles. The molecule has 1 amide bonds. The lowest BCUT2D eigenvalue weighted by atomic mass is 9.77. The molecule has 0 saturated carbocycles. The van der Waals surface area contributed by atoms with E-state index in [-0.39, 0.29) is 43.2 Å². The van der Waals surface area contributed by atoms with E-state index >= 15 is 0 Å². The molecule has 0 N–H and O–H groups in total. The Morgan fingerprint density at radius 3 is 2.35 bits per heavy atom. The Labute approximate surface area is 216 Å². The van der Waals surface area contributed by atoms with Gasteiger partial charge >= 0.3 is 0 Å². The molecular formula is C27H36N2O5. The molecule has 2 aromatic carbocycles. The third-order valence-corrected chi connectivity index (χ3v) is 6.36. The van der Waals surface area contributed by atoms with Crippen molar-refractivity contribution in [1.82, 2.24) is 9.80 Å². The second-order valence-electron chi connectivity index (χ2n) is 8.34. The molecule has 4 rings (SSSR count). The second kappa shape index (κ2) is 10.6. The highest BCUT2D eigenvalue weighted by Crippen LogP contribution is 2.42. The summed E-state index contributed by atoms with van der Waals surface area (Å²) < 4.78 is 100. The van der Waals surface area contributed by atoms with Crippen LogP contribution in [0, 0.1) is 0 Å². The summed E-state index contributed by atoms with van der Waals surface area (Å²) in [7, 11) is -1.41. The Balaban J connectivity index is 1.48. The minimum absolute atomic E-state index is 0.0577. The summed E-state index contributed by atoms with van der Waals surface area (Å²) in [4.78, 5) is 15.7. The van der Waals surface area contributed by atoms with Gasteiger partial charge in [-0.25, -0.2) is 0 Å². The average Bonchev–Trinajstić information content (AvgIpc) is 3.04. The molecule has 0 aromatic heterocycles. The van der Waals surface area contributed by atoms with E-state index in [0.29, 0.717) is 35.6 Å². The molecule has 0 radical (unpaired) electrons. The molecule has 0 fully saturated rings. The topological polar surface area (TPSA) is 60.5 Å². The third-order valence-electron chi connectivity index (χ3n) is 6.36. The standard InChI is InChI=1S/C27H36N2O5/c1-28(17-21-11-20-14-25(33-4)26(34-5)16-22(20)21)8-6-9-29-10-7-18-12-23(31-2)24(32-3)13-19(18)15-27(29)30/h12-14,16,21H,6-11,15,17H2,1-5H3/i4D3,5D3,8D2,17D2. The molecule has 1 aliphatic heterocycles. The number of carbonyl (C=O) groups is 1. The van der Waals surface area contributed by atoms with E-state index < -0.39 is 33.0 Å². The van der Waals surface area contributed by atoms with Crippen LogP contribution in [-0.4, -0.2) is 77.1 Å². The van der Waals surface area contributed by atoms with E-state index in [9.17, 15) is 4.79 Å². The SMILES string of the molecule is [2H]C([2H])([2H])Oc1cc2c(cc1OC([2H])([2H])[2H])C(C([2H])([2H])N(C)C([2H])([2H])CCN1CCc3cc(OC)c(OC)cc3CC1=O)C2. The van der Waals surface area contributed by atoms with E-state index in [1.165, 1.54) is 33.4 Å². The molecule has 2 aliphatic rings. The minimum atomic E-state index is -2.92. The van der Waals surface area contributed by atoms with E-state index in [2.05, 4.69) is 0 Å². The van der Waals surface area contributed by atoms with Crippen molar-refractivity contribution in [1.29, 1.82) is 0 Å². The number of benzene rings is 2. The van der Waals surface area contributed by atoms with Crippen molar-refractivity contribution >= 4 is 5.91 Å². The molecular weight excluding hydrogens is 432 g/mol. The Morgan fingerprint density at radius 2 is 1.65 bits per heavy atom. The molecule has 2 aromatic rings. The maximum atomic E-state index is 13.1. The number of methoxy groups -OCH3 is 4. The maximum Gasteiger partial charge on any atom is 0.227 e. The lowest BCUT2D eigenvalue weighted by Crippen LogP contribution is -2.36. The van der Waals surface area contributed by atoms with Crippen LogP contribution in [0.2, 0.25) is 0 Å². The van der Waals surface area contributed by atoms with E-state index in [4.69, 9.17) is 32.7 Å². The summed E-state index contributed by atoms with van der Waals surface area (Å²) in [6, 6.07) is 6.18. The fourth-order valence-electron chi connectivity index (χ4n) is 4.48. The molecule has 7 heteroatoms. The normalized spacial score (nSPS) is 22.9. The fraction of sp³-hybridized carbons (Fsp3) is 0.519. The first-order valence-electron chi connectivity index (χ1n) is 16.1. The van der Waals surface area contributed by atoms with Crippen molar-refractivity contribution in [2.24, 2.45) is 0 Å². The van der Waals surface area contributed by atoms with Crippen LogP contribution in [0.15, 0.2) is 24.3 Å². The van der Waals surface area contributed by atoms with Gasteiger partial charge in [-0.3, -0.25) is 4.79 Å². The number of carbonyl (C=O) groups excluding carboxylic acids is 1. The average molecular weight is 479 g/mol. The Kier molecular flexibility index (Phi) is 4.49. The van der Waals surface area contributed by atoms with Gasteiger partial charge in [0, 0.05) is 31.0 Å². The van der Waals surface area contributed by atoms with Gasteiger partial charge in [0.05, 0.1) is 42.9 Å². The van der Waals surface area contributed by atoms with Crippen molar-refractivity contribution < 1.29 is 37.4 Å². The first-order valence-corrected chi connectivity index (χ1v) is 11.1. The minimum Gasteiger partial charge on any atom is -0.493 e. The van der Waals surface area contributed by atoms with Crippen LogP contribution in [0.5, 0.6) is 23.0 Å². The zero-order valence-electron chi connectivity index (χ0n) is 29.6. The number of nitrogens with zero attached hydrogens (tertiary/aromatic N) is 2. The molecule has 34 heavy (non-hydrogen) atoms. The predicted octanol–water partition coefficient (Wildman–Crippen LogP) is 3.31. The molecule has 184 valence electrons. The monoisotopic (exact) mass is 478 g/mol. The lowest BCUT2D eigenvalue weighted by molar-refractivity contribution is -0.130. The van der Waals surface area contributed by atoms with Crippen LogP contribution in [-0.2, 0) is 24.1 Å². The number of hydrogen-bond acceptors (Lipinski definition) is 6. The zero-order valence-corrected chi connectivity index (χ0v) is 19.6. The highest BCUT2D eigenvalue weighted by molar-refractivity contribution is 5.80. The summed E-state index contributed by atoms with van der Waals surface area (Å²) in [5.41, 5.74) is 2.64. The summed E-state index contributed by atoms with van der Waals surface area (Å²) in [5, 5.41) is 0. The van der Waals surface area contributed by atoms with Crippen LogP contribution in [0.3, 0.4) is 0 Å². The van der Waals surface area contributed by atoms with Crippen LogP contribution in [0.25, 0.3) is 0 Å². The number of amides is 1.